The highest BCUT2D eigenvalue weighted by atomic mass is 31.2. The zero-order chi connectivity index (χ0) is 57.7. The Morgan fingerprint density at radius 3 is 1.05 bits per heavy atom. The van der Waals surface area contributed by atoms with E-state index in [1.807, 2.05) is 27.2 Å². The number of phosphoric ester groups is 1. The zero-order valence-corrected chi connectivity index (χ0v) is 54.3. The molecule has 0 aliphatic rings. The van der Waals surface area contributed by atoms with Gasteiger partial charge in [0.1, 0.15) is 13.2 Å². The molecule has 1 amide bonds. The van der Waals surface area contributed by atoms with Crippen molar-refractivity contribution < 1.29 is 32.9 Å². The molecule has 0 rings (SSSR count). The van der Waals surface area contributed by atoms with Crippen LogP contribution >= 0.6 is 7.82 Å². The molecule has 79 heavy (non-hydrogen) atoms. The molecule has 0 radical (unpaired) electrons. The summed E-state index contributed by atoms with van der Waals surface area (Å²) in [4.78, 5) is 23.4. The Morgan fingerprint density at radius 1 is 0.430 bits per heavy atom. The third kappa shape index (κ3) is 63.9. The molecule has 0 heterocycles. The van der Waals surface area contributed by atoms with Crippen LogP contribution in [0.3, 0.4) is 0 Å². The quantitative estimate of drug-likeness (QED) is 0.0243. The summed E-state index contributed by atoms with van der Waals surface area (Å²) in [6.45, 7) is 4.85. The van der Waals surface area contributed by atoms with Gasteiger partial charge in [0, 0.05) is 6.42 Å². The van der Waals surface area contributed by atoms with Crippen LogP contribution in [-0.2, 0) is 18.4 Å². The van der Waals surface area contributed by atoms with Crippen molar-refractivity contribution in [3.8, 4) is 0 Å². The molecule has 0 aliphatic carbocycles. The van der Waals surface area contributed by atoms with Crippen molar-refractivity contribution in [2.75, 3.05) is 40.9 Å². The summed E-state index contributed by atoms with van der Waals surface area (Å²) in [5, 5.41) is 14.0. The van der Waals surface area contributed by atoms with Crippen molar-refractivity contribution in [2.24, 2.45) is 0 Å². The summed E-state index contributed by atoms with van der Waals surface area (Å²) in [6.07, 6.45) is 82.5. The molecular formula is C70H136N2O6P+. The average molecular weight is 1130 g/mol. The minimum absolute atomic E-state index is 0.0631. The van der Waals surface area contributed by atoms with Gasteiger partial charge in [-0.25, -0.2) is 4.57 Å². The van der Waals surface area contributed by atoms with E-state index in [9.17, 15) is 19.4 Å². The van der Waals surface area contributed by atoms with Crippen molar-refractivity contribution in [1.82, 2.24) is 5.32 Å². The number of rotatable bonds is 64. The highest BCUT2D eigenvalue weighted by molar-refractivity contribution is 7.47. The molecule has 0 aliphatic heterocycles. The van der Waals surface area contributed by atoms with Crippen LogP contribution in [0, 0.1) is 0 Å². The maximum Gasteiger partial charge on any atom is 0.472 e. The van der Waals surface area contributed by atoms with Gasteiger partial charge < -0.3 is 19.8 Å². The molecule has 0 aromatic heterocycles. The molecule has 0 spiro atoms. The summed E-state index contributed by atoms with van der Waals surface area (Å²) in [5.74, 6) is -0.171. The predicted octanol–water partition coefficient (Wildman–Crippen LogP) is 21.8. The van der Waals surface area contributed by atoms with Gasteiger partial charge in [0.05, 0.1) is 39.9 Å². The molecule has 0 saturated carbocycles. The fourth-order valence-corrected chi connectivity index (χ4v) is 11.1. The van der Waals surface area contributed by atoms with Gasteiger partial charge in [-0.05, 0) is 57.8 Å². The van der Waals surface area contributed by atoms with Gasteiger partial charge in [-0.15, -0.1) is 0 Å². The van der Waals surface area contributed by atoms with Crippen LogP contribution in [0.4, 0.5) is 0 Å². The third-order valence-corrected chi connectivity index (χ3v) is 16.8. The molecule has 3 N–H and O–H groups in total. The fourth-order valence-electron chi connectivity index (χ4n) is 10.4. The van der Waals surface area contributed by atoms with Crippen molar-refractivity contribution in [1.29, 1.82) is 0 Å². The van der Waals surface area contributed by atoms with E-state index in [2.05, 4.69) is 55.6 Å². The maximum atomic E-state index is 13.0. The molecule has 0 bridgehead atoms. The molecule has 0 aromatic carbocycles. The number of hydrogen-bond donors (Lipinski definition) is 3. The van der Waals surface area contributed by atoms with E-state index in [4.69, 9.17) is 9.05 Å². The molecule has 3 atom stereocenters. The van der Waals surface area contributed by atoms with E-state index in [0.29, 0.717) is 17.4 Å². The lowest BCUT2D eigenvalue weighted by atomic mass is 10.0. The number of amides is 1. The number of carbonyl (C=O) groups is 1. The van der Waals surface area contributed by atoms with Crippen molar-refractivity contribution in [3.63, 3.8) is 0 Å². The van der Waals surface area contributed by atoms with E-state index in [1.54, 1.807) is 6.08 Å². The van der Waals surface area contributed by atoms with Crippen molar-refractivity contribution in [3.05, 3.63) is 48.6 Å². The summed E-state index contributed by atoms with van der Waals surface area (Å²) in [6, 6.07) is -0.846. The lowest BCUT2D eigenvalue weighted by Crippen LogP contribution is -2.45. The van der Waals surface area contributed by atoms with Gasteiger partial charge in [-0.1, -0.05) is 326 Å². The van der Waals surface area contributed by atoms with Crippen LogP contribution in [0.1, 0.15) is 341 Å². The normalized spacial score (nSPS) is 14.0. The fraction of sp³-hybridized carbons (Fsp3) is 0.871. The van der Waals surface area contributed by atoms with E-state index in [0.717, 1.165) is 51.4 Å². The number of likely N-dealkylation sites (N-methyl/N-ethyl adjacent to an activating group) is 1. The van der Waals surface area contributed by atoms with Crippen LogP contribution in [0.2, 0.25) is 0 Å². The Hall–Kier alpha value is -1.54. The SMILES string of the molecule is CCCCCCC/C=C\C/C=C\C/C=C\CCCCCCCCCCCCCCCCCCCCCCCCC(=O)NC(COP(=O)(O)OCC[N+](C)(C)C)C(O)/C=C/CCCCCCCCCCCCCCCCCCCC. The molecule has 3 unspecified atom stereocenters. The molecule has 8 nitrogen and oxygen atoms in total. The standard InChI is InChI=1S/C70H135N2O6P/c1-6-8-10-12-14-16-18-20-22-24-26-28-29-30-31-32-33-34-35-36-37-38-39-40-41-42-43-44-46-48-50-52-54-56-58-60-62-64-70(74)71-68(67-78-79(75,76)77-66-65-72(3,4)5)69(73)63-61-59-57-55-53-51-49-47-45-27-25-23-21-19-17-15-13-11-9-7-2/h18,20,24,26,29-30,61,63,68-69,73H,6-17,19,21-23,25,27-28,31-60,62,64-67H2,1-5H3,(H-,71,74,75,76)/p+1/b20-18-,26-24-,30-29-,63-61+. The topological polar surface area (TPSA) is 105 Å². The first-order valence-corrected chi connectivity index (χ1v) is 36.0. The minimum Gasteiger partial charge on any atom is -0.387 e. The molecular weight excluding hydrogens is 996 g/mol. The number of phosphoric acid groups is 1. The van der Waals surface area contributed by atoms with Crippen molar-refractivity contribution >= 4 is 13.7 Å². The second-order valence-electron chi connectivity index (χ2n) is 24.9. The van der Waals surface area contributed by atoms with Gasteiger partial charge in [-0.2, -0.15) is 0 Å². The number of aliphatic hydroxyl groups excluding tert-OH is 1. The maximum absolute atomic E-state index is 13.0. The number of aliphatic hydroxyl groups is 1. The Balaban J connectivity index is 3.98. The molecule has 0 saturated heterocycles. The number of hydrogen-bond acceptors (Lipinski definition) is 5. The second kappa shape index (κ2) is 61.0. The van der Waals surface area contributed by atoms with Crippen LogP contribution in [0.25, 0.3) is 0 Å². The Kier molecular flexibility index (Phi) is 59.8. The van der Waals surface area contributed by atoms with Gasteiger partial charge in [0.25, 0.3) is 0 Å². The van der Waals surface area contributed by atoms with Gasteiger partial charge in [-0.3, -0.25) is 13.8 Å². The minimum atomic E-state index is -4.35. The smallest absolute Gasteiger partial charge is 0.387 e. The average Bonchev–Trinajstić information content (AvgIpc) is 3.42. The summed E-state index contributed by atoms with van der Waals surface area (Å²) in [7, 11) is 1.59. The highest BCUT2D eigenvalue weighted by Crippen LogP contribution is 2.43. The third-order valence-electron chi connectivity index (χ3n) is 15.8. The number of quaternary nitrogens is 1. The van der Waals surface area contributed by atoms with Crippen LogP contribution in [0.5, 0.6) is 0 Å². The Labute approximate surface area is 492 Å². The van der Waals surface area contributed by atoms with E-state index in [-0.39, 0.29) is 19.1 Å². The Morgan fingerprint density at radius 2 is 0.722 bits per heavy atom. The number of unbranched alkanes of at least 4 members (excludes halogenated alkanes) is 45. The first kappa shape index (κ1) is 77.5. The first-order valence-electron chi connectivity index (χ1n) is 34.5. The largest absolute Gasteiger partial charge is 0.472 e. The first-order chi connectivity index (χ1) is 38.5. The number of allylic oxidation sites excluding steroid dienone is 7. The van der Waals surface area contributed by atoms with Crippen molar-refractivity contribution in [2.45, 2.75) is 353 Å². The van der Waals surface area contributed by atoms with E-state index >= 15 is 0 Å². The Bertz CT molecular complexity index is 1430. The van der Waals surface area contributed by atoms with Crippen LogP contribution in [-0.4, -0.2) is 73.4 Å². The highest BCUT2D eigenvalue weighted by Gasteiger charge is 2.28. The van der Waals surface area contributed by atoms with Gasteiger partial charge >= 0.3 is 7.82 Å². The second-order valence-corrected chi connectivity index (χ2v) is 26.4. The molecule has 466 valence electrons. The number of nitrogens with one attached hydrogen (secondary N) is 1. The zero-order valence-electron chi connectivity index (χ0n) is 53.4. The van der Waals surface area contributed by atoms with E-state index in [1.165, 1.54) is 270 Å². The van der Waals surface area contributed by atoms with Gasteiger partial charge in [0.2, 0.25) is 5.91 Å². The lowest BCUT2D eigenvalue weighted by Gasteiger charge is -2.25. The van der Waals surface area contributed by atoms with Gasteiger partial charge in [0.15, 0.2) is 0 Å². The predicted molar refractivity (Wildman–Crippen MR) is 346 cm³/mol. The van der Waals surface area contributed by atoms with Crippen LogP contribution in [0.15, 0.2) is 48.6 Å². The monoisotopic (exact) mass is 1130 g/mol. The molecule has 9 heteroatoms. The molecule has 0 fully saturated rings. The summed E-state index contributed by atoms with van der Waals surface area (Å²) in [5.41, 5.74) is 0. The summed E-state index contributed by atoms with van der Waals surface area (Å²) < 4.78 is 23.8. The van der Waals surface area contributed by atoms with E-state index < -0.39 is 20.0 Å². The van der Waals surface area contributed by atoms with Crippen LogP contribution < -0.4 is 5.32 Å². The number of nitrogens with zero attached hydrogens (tertiary/aromatic N) is 1. The molecule has 0 aromatic rings. The number of carbonyl (C=O) groups excluding carboxylic acids is 1. The lowest BCUT2D eigenvalue weighted by molar-refractivity contribution is -0.870. The summed E-state index contributed by atoms with van der Waals surface area (Å²) >= 11 is 0.